The molecule has 0 spiro atoms. The minimum Gasteiger partial charge on any atom is -0.330 e. The standard InChI is InChI=1S/C13H20N2/c1-15-13(7-8-14)12-6-5-10-3-2-4-11(10)9-12/h5-6,9,13,15H,2-4,7-8,14H2,1H3. The Labute approximate surface area is 91.9 Å². The van der Waals surface area contributed by atoms with Crippen molar-refractivity contribution in [1.29, 1.82) is 0 Å². The molecule has 0 saturated heterocycles. The fourth-order valence-corrected chi connectivity index (χ4v) is 2.45. The first-order chi connectivity index (χ1) is 7.35. The van der Waals surface area contributed by atoms with E-state index in [1.165, 1.54) is 24.8 Å². The summed E-state index contributed by atoms with van der Waals surface area (Å²) in [7, 11) is 2.01. The molecule has 0 radical (unpaired) electrons. The second-order valence-electron chi connectivity index (χ2n) is 4.30. The molecule has 2 heteroatoms. The van der Waals surface area contributed by atoms with E-state index in [4.69, 9.17) is 5.73 Å². The molecule has 0 aliphatic heterocycles. The number of benzene rings is 1. The Morgan fingerprint density at radius 2 is 2.13 bits per heavy atom. The van der Waals surface area contributed by atoms with Gasteiger partial charge in [0.15, 0.2) is 0 Å². The van der Waals surface area contributed by atoms with Crippen LogP contribution in [-0.2, 0) is 12.8 Å². The van der Waals surface area contributed by atoms with Crippen LogP contribution in [0.3, 0.4) is 0 Å². The minimum atomic E-state index is 0.417. The van der Waals surface area contributed by atoms with Gasteiger partial charge in [0.05, 0.1) is 0 Å². The summed E-state index contributed by atoms with van der Waals surface area (Å²) in [6.07, 6.45) is 4.84. The van der Waals surface area contributed by atoms with Crippen LogP contribution in [0.5, 0.6) is 0 Å². The highest BCUT2D eigenvalue weighted by Gasteiger charge is 2.14. The summed E-state index contributed by atoms with van der Waals surface area (Å²) in [5.41, 5.74) is 10.1. The normalized spacial score (nSPS) is 16.4. The zero-order chi connectivity index (χ0) is 10.7. The van der Waals surface area contributed by atoms with Gasteiger partial charge in [-0.2, -0.15) is 0 Å². The zero-order valence-corrected chi connectivity index (χ0v) is 9.42. The maximum Gasteiger partial charge on any atom is 0.0329 e. The number of rotatable bonds is 4. The SMILES string of the molecule is CNC(CCN)c1ccc2c(c1)CCC2. The quantitative estimate of drug-likeness (QED) is 0.784. The third-order valence-corrected chi connectivity index (χ3v) is 3.33. The first-order valence-electron chi connectivity index (χ1n) is 5.84. The molecule has 0 fully saturated rings. The smallest absolute Gasteiger partial charge is 0.0329 e. The molecule has 1 aromatic carbocycles. The summed E-state index contributed by atoms with van der Waals surface area (Å²) in [5.74, 6) is 0. The van der Waals surface area contributed by atoms with Crippen molar-refractivity contribution in [2.75, 3.05) is 13.6 Å². The van der Waals surface area contributed by atoms with Crippen LogP contribution in [0, 0.1) is 0 Å². The van der Waals surface area contributed by atoms with Crippen molar-refractivity contribution < 1.29 is 0 Å². The predicted octanol–water partition coefficient (Wildman–Crippen LogP) is 1.78. The van der Waals surface area contributed by atoms with Crippen molar-refractivity contribution in [2.24, 2.45) is 5.73 Å². The molecule has 3 N–H and O–H groups in total. The van der Waals surface area contributed by atoms with Crippen LogP contribution in [0.15, 0.2) is 18.2 Å². The van der Waals surface area contributed by atoms with Crippen LogP contribution in [0.1, 0.15) is 35.6 Å². The second kappa shape index (κ2) is 4.77. The van der Waals surface area contributed by atoms with Crippen LogP contribution >= 0.6 is 0 Å². The van der Waals surface area contributed by atoms with Crippen LogP contribution in [0.25, 0.3) is 0 Å². The lowest BCUT2D eigenvalue weighted by Gasteiger charge is -2.16. The summed E-state index contributed by atoms with van der Waals surface area (Å²) >= 11 is 0. The first kappa shape index (κ1) is 10.7. The van der Waals surface area contributed by atoms with Gasteiger partial charge in [-0.15, -0.1) is 0 Å². The molecule has 1 unspecified atom stereocenters. The highest BCUT2D eigenvalue weighted by atomic mass is 14.9. The molecule has 0 saturated carbocycles. The Kier molecular flexibility index (Phi) is 3.39. The van der Waals surface area contributed by atoms with E-state index in [2.05, 4.69) is 23.5 Å². The zero-order valence-electron chi connectivity index (χ0n) is 9.42. The maximum absolute atomic E-state index is 5.62. The molecule has 2 rings (SSSR count). The van der Waals surface area contributed by atoms with E-state index in [-0.39, 0.29) is 0 Å². The molecule has 0 amide bonds. The topological polar surface area (TPSA) is 38.0 Å². The van der Waals surface area contributed by atoms with Crippen LogP contribution in [0.2, 0.25) is 0 Å². The van der Waals surface area contributed by atoms with Gasteiger partial charge in [0, 0.05) is 6.04 Å². The van der Waals surface area contributed by atoms with Gasteiger partial charge in [-0.25, -0.2) is 0 Å². The molecule has 0 aromatic heterocycles. The lowest BCUT2D eigenvalue weighted by atomic mass is 9.99. The molecular formula is C13H20N2. The van der Waals surface area contributed by atoms with Crippen molar-refractivity contribution in [3.63, 3.8) is 0 Å². The molecule has 15 heavy (non-hydrogen) atoms. The molecule has 0 bridgehead atoms. The van der Waals surface area contributed by atoms with E-state index < -0.39 is 0 Å². The van der Waals surface area contributed by atoms with Gasteiger partial charge in [0.2, 0.25) is 0 Å². The van der Waals surface area contributed by atoms with E-state index in [1.54, 1.807) is 11.1 Å². The van der Waals surface area contributed by atoms with Gasteiger partial charge < -0.3 is 11.1 Å². The third-order valence-electron chi connectivity index (χ3n) is 3.33. The fraction of sp³-hybridized carbons (Fsp3) is 0.538. The summed E-state index contributed by atoms with van der Waals surface area (Å²) < 4.78 is 0. The largest absolute Gasteiger partial charge is 0.330 e. The highest BCUT2D eigenvalue weighted by Crippen LogP contribution is 2.26. The van der Waals surface area contributed by atoms with Gasteiger partial charge in [-0.05, 0) is 56.0 Å². The van der Waals surface area contributed by atoms with E-state index in [0.29, 0.717) is 6.04 Å². The van der Waals surface area contributed by atoms with Crippen molar-refractivity contribution in [1.82, 2.24) is 5.32 Å². The molecule has 82 valence electrons. The van der Waals surface area contributed by atoms with Gasteiger partial charge in [0.25, 0.3) is 0 Å². The molecular weight excluding hydrogens is 184 g/mol. The average molecular weight is 204 g/mol. The Morgan fingerprint density at radius 1 is 1.33 bits per heavy atom. The number of nitrogens with one attached hydrogen (secondary N) is 1. The summed E-state index contributed by atoms with van der Waals surface area (Å²) in [6, 6.07) is 7.32. The summed E-state index contributed by atoms with van der Waals surface area (Å²) in [6.45, 7) is 0.739. The number of aryl methyl sites for hydroxylation is 2. The highest BCUT2D eigenvalue weighted by molar-refractivity contribution is 5.36. The summed E-state index contributed by atoms with van der Waals surface area (Å²) in [4.78, 5) is 0. The molecule has 0 heterocycles. The lowest BCUT2D eigenvalue weighted by Crippen LogP contribution is -2.20. The number of hydrogen-bond donors (Lipinski definition) is 2. The first-order valence-corrected chi connectivity index (χ1v) is 5.84. The van der Waals surface area contributed by atoms with Gasteiger partial charge in [-0.3, -0.25) is 0 Å². The summed E-state index contributed by atoms with van der Waals surface area (Å²) in [5, 5.41) is 3.33. The Balaban J connectivity index is 2.20. The minimum absolute atomic E-state index is 0.417. The van der Waals surface area contributed by atoms with Crippen molar-refractivity contribution >= 4 is 0 Å². The van der Waals surface area contributed by atoms with Crippen molar-refractivity contribution in [2.45, 2.75) is 31.7 Å². The Hall–Kier alpha value is -0.860. The van der Waals surface area contributed by atoms with Crippen LogP contribution in [-0.4, -0.2) is 13.6 Å². The van der Waals surface area contributed by atoms with Crippen molar-refractivity contribution in [3.8, 4) is 0 Å². The Morgan fingerprint density at radius 3 is 2.87 bits per heavy atom. The van der Waals surface area contributed by atoms with Gasteiger partial charge in [-0.1, -0.05) is 18.2 Å². The van der Waals surface area contributed by atoms with E-state index in [9.17, 15) is 0 Å². The van der Waals surface area contributed by atoms with Gasteiger partial charge in [0.1, 0.15) is 0 Å². The molecule has 1 aliphatic carbocycles. The monoisotopic (exact) mass is 204 g/mol. The van der Waals surface area contributed by atoms with E-state index >= 15 is 0 Å². The fourth-order valence-electron chi connectivity index (χ4n) is 2.45. The average Bonchev–Trinajstić information content (AvgIpc) is 2.72. The predicted molar refractivity (Wildman–Crippen MR) is 63.9 cm³/mol. The van der Waals surface area contributed by atoms with E-state index in [0.717, 1.165) is 13.0 Å². The molecule has 1 atom stereocenters. The van der Waals surface area contributed by atoms with Crippen LogP contribution in [0.4, 0.5) is 0 Å². The van der Waals surface area contributed by atoms with Crippen LogP contribution < -0.4 is 11.1 Å². The van der Waals surface area contributed by atoms with Gasteiger partial charge >= 0.3 is 0 Å². The maximum atomic E-state index is 5.62. The third kappa shape index (κ3) is 2.21. The number of nitrogens with two attached hydrogens (primary N) is 1. The van der Waals surface area contributed by atoms with Crippen molar-refractivity contribution in [3.05, 3.63) is 34.9 Å². The Bertz CT molecular complexity index is 333. The number of hydrogen-bond acceptors (Lipinski definition) is 2. The lowest BCUT2D eigenvalue weighted by molar-refractivity contribution is 0.556. The molecule has 1 aromatic rings. The molecule has 2 nitrogen and oxygen atoms in total. The second-order valence-corrected chi connectivity index (χ2v) is 4.30. The number of fused-ring (bicyclic) bond motifs is 1. The molecule has 1 aliphatic rings. The van der Waals surface area contributed by atoms with E-state index in [1.807, 2.05) is 7.05 Å².